The molecule has 0 aromatic carbocycles. The summed E-state index contributed by atoms with van der Waals surface area (Å²) in [6.07, 6.45) is 2.68. The van der Waals surface area contributed by atoms with Crippen molar-refractivity contribution >= 4 is 11.8 Å². The number of hydrogen-bond donors (Lipinski definition) is 1. The van der Waals surface area contributed by atoms with Gasteiger partial charge in [0.05, 0.1) is 0 Å². The minimum absolute atomic E-state index is 0.0163. The molecule has 122 valence electrons. The first-order chi connectivity index (χ1) is 9.60. The molecule has 1 aliphatic rings. The van der Waals surface area contributed by atoms with E-state index in [9.17, 15) is 9.59 Å². The monoisotopic (exact) mass is 296 g/mol. The highest BCUT2D eigenvalue weighted by molar-refractivity contribution is 5.99. The Morgan fingerprint density at radius 3 is 2.10 bits per heavy atom. The average molecular weight is 296 g/mol. The molecule has 2 unspecified atom stereocenters. The Kier molecular flexibility index (Phi) is 5.46. The van der Waals surface area contributed by atoms with Gasteiger partial charge in [-0.15, -0.1) is 0 Å². The lowest BCUT2D eigenvalue weighted by molar-refractivity contribution is -0.159. The van der Waals surface area contributed by atoms with Crippen molar-refractivity contribution in [2.24, 2.45) is 11.3 Å². The van der Waals surface area contributed by atoms with Gasteiger partial charge < -0.3 is 10.2 Å². The van der Waals surface area contributed by atoms with Gasteiger partial charge in [-0.3, -0.25) is 9.59 Å². The van der Waals surface area contributed by atoms with Crippen LogP contribution in [-0.4, -0.2) is 34.8 Å². The zero-order chi connectivity index (χ0) is 16.4. The van der Waals surface area contributed by atoms with Gasteiger partial charge in [0.25, 0.3) is 0 Å². The van der Waals surface area contributed by atoms with Gasteiger partial charge in [-0.1, -0.05) is 54.4 Å². The second kappa shape index (κ2) is 6.37. The first-order valence-electron chi connectivity index (χ1n) is 8.23. The number of amides is 2. The molecule has 0 bridgehead atoms. The molecule has 2 amide bonds. The molecule has 0 aliphatic carbocycles. The fourth-order valence-corrected chi connectivity index (χ4v) is 3.08. The van der Waals surface area contributed by atoms with Crippen LogP contribution < -0.4 is 5.32 Å². The first kappa shape index (κ1) is 18.0. The molecule has 2 atom stereocenters. The zero-order valence-electron chi connectivity index (χ0n) is 14.7. The van der Waals surface area contributed by atoms with E-state index in [1.807, 2.05) is 39.5 Å². The Labute approximate surface area is 129 Å². The molecule has 1 aliphatic heterocycles. The van der Waals surface area contributed by atoms with Gasteiger partial charge in [0.15, 0.2) is 0 Å². The van der Waals surface area contributed by atoms with E-state index in [4.69, 9.17) is 0 Å². The van der Waals surface area contributed by atoms with Crippen LogP contribution in [0.3, 0.4) is 0 Å². The fraction of sp³-hybridized carbons (Fsp3) is 0.882. The third-order valence-electron chi connectivity index (χ3n) is 4.83. The number of carbonyl (C=O) groups excluding carboxylic acids is 2. The lowest BCUT2D eigenvalue weighted by atomic mass is 9.79. The van der Waals surface area contributed by atoms with Crippen LogP contribution >= 0.6 is 0 Å². The summed E-state index contributed by atoms with van der Waals surface area (Å²) < 4.78 is 0. The summed E-state index contributed by atoms with van der Waals surface area (Å²) in [6, 6.07) is -0.384. The highest BCUT2D eigenvalue weighted by Crippen LogP contribution is 2.32. The van der Waals surface area contributed by atoms with E-state index in [1.165, 1.54) is 0 Å². The molecule has 1 heterocycles. The quantitative estimate of drug-likeness (QED) is 0.848. The molecule has 4 nitrogen and oxygen atoms in total. The molecule has 1 N–H and O–H groups in total. The van der Waals surface area contributed by atoms with Crippen LogP contribution in [0.1, 0.15) is 67.7 Å². The molecular formula is C17H32N2O2. The Balaban J connectivity index is 3.18. The molecule has 1 saturated heterocycles. The molecule has 4 heteroatoms. The van der Waals surface area contributed by atoms with E-state index >= 15 is 0 Å². The maximum Gasteiger partial charge on any atom is 0.248 e. The number of nitrogens with zero attached hydrogens (tertiary/aromatic N) is 1. The van der Waals surface area contributed by atoms with E-state index in [-0.39, 0.29) is 23.3 Å². The Morgan fingerprint density at radius 1 is 1.19 bits per heavy atom. The highest BCUT2D eigenvalue weighted by Gasteiger charge is 2.50. The van der Waals surface area contributed by atoms with Crippen molar-refractivity contribution < 1.29 is 9.59 Å². The smallest absolute Gasteiger partial charge is 0.248 e. The van der Waals surface area contributed by atoms with Crippen molar-refractivity contribution in [1.29, 1.82) is 0 Å². The lowest BCUT2D eigenvalue weighted by Crippen LogP contribution is -2.72. The average Bonchev–Trinajstić information content (AvgIpc) is 2.39. The Bertz CT molecular complexity index is 396. The summed E-state index contributed by atoms with van der Waals surface area (Å²) in [5, 5.41) is 2.96. The van der Waals surface area contributed by atoms with Crippen molar-refractivity contribution in [3.05, 3.63) is 0 Å². The molecule has 1 fully saturated rings. The molecule has 0 aromatic rings. The van der Waals surface area contributed by atoms with Gasteiger partial charge >= 0.3 is 0 Å². The number of carbonyl (C=O) groups is 2. The summed E-state index contributed by atoms with van der Waals surface area (Å²) in [4.78, 5) is 27.4. The molecule has 21 heavy (non-hydrogen) atoms. The molecular weight excluding hydrogens is 264 g/mol. The van der Waals surface area contributed by atoms with Crippen LogP contribution in [0.5, 0.6) is 0 Å². The lowest BCUT2D eigenvalue weighted by Gasteiger charge is -2.49. The Morgan fingerprint density at radius 2 is 1.71 bits per heavy atom. The van der Waals surface area contributed by atoms with Crippen LogP contribution in [0.4, 0.5) is 0 Å². The summed E-state index contributed by atoms with van der Waals surface area (Å²) in [7, 11) is 0. The van der Waals surface area contributed by atoms with E-state index in [0.29, 0.717) is 18.9 Å². The molecule has 0 saturated carbocycles. The van der Waals surface area contributed by atoms with E-state index < -0.39 is 5.54 Å². The molecule has 0 radical (unpaired) electrons. The maximum atomic E-state index is 13.0. The van der Waals surface area contributed by atoms with Crippen molar-refractivity contribution in [3.63, 3.8) is 0 Å². The second-order valence-corrected chi connectivity index (χ2v) is 7.58. The summed E-state index contributed by atoms with van der Waals surface area (Å²) in [5.74, 6) is 0.500. The van der Waals surface area contributed by atoms with Crippen molar-refractivity contribution in [2.75, 3.05) is 6.54 Å². The van der Waals surface area contributed by atoms with Gasteiger partial charge in [-0.05, 0) is 24.7 Å². The van der Waals surface area contributed by atoms with E-state index in [0.717, 1.165) is 12.8 Å². The normalized spacial score (nSPS) is 27.2. The SMILES string of the molecule is CCC(CC)CN1C(=O)C(C)(CC)NC(=O)C1C(C)(C)C. The molecule has 0 spiro atoms. The summed E-state index contributed by atoms with van der Waals surface area (Å²) in [6.45, 7) is 14.8. The fourth-order valence-electron chi connectivity index (χ4n) is 3.08. The topological polar surface area (TPSA) is 49.4 Å². The predicted octanol–water partition coefficient (Wildman–Crippen LogP) is 2.96. The minimum atomic E-state index is -0.759. The molecule has 0 aromatic heterocycles. The van der Waals surface area contributed by atoms with Crippen LogP contribution in [0.2, 0.25) is 0 Å². The van der Waals surface area contributed by atoms with Crippen LogP contribution in [0, 0.1) is 11.3 Å². The zero-order valence-corrected chi connectivity index (χ0v) is 14.7. The van der Waals surface area contributed by atoms with Crippen molar-refractivity contribution in [1.82, 2.24) is 10.2 Å². The van der Waals surface area contributed by atoms with Gasteiger partial charge in [0.1, 0.15) is 11.6 Å². The van der Waals surface area contributed by atoms with E-state index in [1.54, 1.807) is 0 Å². The number of piperazine rings is 1. The van der Waals surface area contributed by atoms with Crippen LogP contribution in [0.15, 0.2) is 0 Å². The summed E-state index contributed by atoms with van der Waals surface area (Å²) >= 11 is 0. The standard InChI is InChI=1S/C17H32N2O2/c1-8-12(9-2)11-19-13(16(4,5)6)14(20)18-17(7,10-3)15(19)21/h12-13H,8-11H2,1-7H3,(H,18,20). The van der Waals surface area contributed by atoms with Crippen molar-refractivity contribution in [2.45, 2.75) is 79.3 Å². The van der Waals surface area contributed by atoms with Crippen LogP contribution in [0.25, 0.3) is 0 Å². The predicted molar refractivity (Wildman–Crippen MR) is 85.9 cm³/mol. The third kappa shape index (κ3) is 3.58. The minimum Gasteiger partial charge on any atom is -0.340 e. The maximum absolute atomic E-state index is 13.0. The molecule has 1 rings (SSSR count). The number of nitrogens with one attached hydrogen (secondary N) is 1. The van der Waals surface area contributed by atoms with Gasteiger partial charge in [0, 0.05) is 6.54 Å². The number of hydrogen-bond acceptors (Lipinski definition) is 2. The van der Waals surface area contributed by atoms with Gasteiger partial charge in [-0.2, -0.15) is 0 Å². The van der Waals surface area contributed by atoms with Crippen molar-refractivity contribution in [3.8, 4) is 0 Å². The highest BCUT2D eigenvalue weighted by atomic mass is 16.2. The largest absolute Gasteiger partial charge is 0.340 e. The third-order valence-corrected chi connectivity index (χ3v) is 4.83. The van der Waals surface area contributed by atoms with Gasteiger partial charge in [-0.25, -0.2) is 0 Å². The Hall–Kier alpha value is -1.06. The van der Waals surface area contributed by atoms with Gasteiger partial charge in [0.2, 0.25) is 11.8 Å². The van der Waals surface area contributed by atoms with E-state index in [2.05, 4.69) is 19.2 Å². The second-order valence-electron chi connectivity index (χ2n) is 7.58. The first-order valence-corrected chi connectivity index (χ1v) is 8.23. The summed E-state index contributed by atoms with van der Waals surface area (Å²) in [5.41, 5.74) is -1.02. The van der Waals surface area contributed by atoms with Crippen LogP contribution in [-0.2, 0) is 9.59 Å². The number of rotatable bonds is 5.